The molecule has 1 aliphatic rings. The van der Waals surface area contributed by atoms with Gasteiger partial charge in [-0.15, -0.1) is 5.10 Å². The molecule has 0 atom stereocenters. The number of alkyl halides is 6. The van der Waals surface area contributed by atoms with Crippen LogP contribution in [-0.4, -0.2) is 32.3 Å². The first-order chi connectivity index (χ1) is 19.4. The molecule has 0 saturated heterocycles. The summed E-state index contributed by atoms with van der Waals surface area (Å²) in [5.74, 6) is -0.0838. The van der Waals surface area contributed by atoms with Crippen LogP contribution in [0.1, 0.15) is 27.0 Å². The Morgan fingerprint density at radius 1 is 0.927 bits per heavy atom. The summed E-state index contributed by atoms with van der Waals surface area (Å²) in [6.07, 6.45) is -2.17. The summed E-state index contributed by atoms with van der Waals surface area (Å²) in [6, 6.07) is 11.1. The lowest BCUT2D eigenvalue weighted by atomic mass is 10.0. The number of pyridine rings is 1. The summed E-state index contributed by atoms with van der Waals surface area (Å²) >= 11 is 6.20. The van der Waals surface area contributed by atoms with E-state index in [9.17, 15) is 31.1 Å². The molecule has 0 spiro atoms. The highest BCUT2D eigenvalue weighted by Gasteiger charge is 2.37. The van der Waals surface area contributed by atoms with Gasteiger partial charge < -0.3 is 4.90 Å². The molecule has 4 aromatic rings. The van der Waals surface area contributed by atoms with Crippen LogP contribution < -0.4 is 4.90 Å². The van der Waals surface area contributed by atoms with Gasteiger partial charge in [0.1, 0.15) is 5.69 Å². The quantitative estimate of drug-likeness (QED) is 0.175. The highest BCUT2D eigenvalue weighted by Crippen LogP contribution is 2.37. The standard InChI is InChI=1S/C28H18ClF6N5O/c29-23-6-2-1-5-22(23)25(41)19-4-3-11-39(16-19)26-24(18-7-9-36-10-8-18)40(38-37-26)15-17-12-20(27(30,31)32)14-21(13-17)28(33,34)35/h1-14H,15-16H2. The van der Waals surface area contributed by atoms with Gasteiger partial charge in [-0.2, -0.15) is 26.3 Å². The number of ketones is 1. The Labute approximate surface area is 234 Å². The Morgan fingerprint density at radius 3 is 2.22 bits per heavy atom. The average Bonchev–Trinajstić information content (AvgIpc) is 3.36. The monoisotopic (exact) mass is 589 g/mol. The molecule has 0 unspecified atom stereocenters. The molecule has 0 aliphatic carbocycles. The maximum Gasteiger partial charge on any atom is 0.416 e. The molecule has 5 rings (SSSR count). The van der Waals surface area contributed by atoms with Crippen LogP contribution in [0, 0.1) is 0 Å². The lowest BCUT2D eigenvalue weighted by Gasteiger charge is -2.23. The highest BCUT2D eigenvalue weighted by atomic mass is 35.5. The van der Waals surface area contributed by atoms with Gasteiger partial charge in [0.05, 0.1) is 29.2 Å². The van der Waals surface area contributed by atoms with Crippen molar-refractivity contribution in [3.05, 3.63) is 118 Å². The van der Waals surface area contributed by atoms with E-state index in [1.165, 1.54) is 17.1 Å². The zero-order valence-electron chi connectivity index (χ0n) is 20.8. The van der Waals surface area contributed by atoms with Gasteiger partial charge in [0.2, 0.25) is 0 Å². The summed E-state index contributed by atoms with van der Waals surface area (Å²) in [4.78, 5) is 18.8. The number of Topliss-reactive ketones (excluding diaryl/α,β-unsaturated/α-hetero) is 1. The lowest BCUT2D eigenvalue weighted by molar-refractivity contribution is -0.143. The van der Waals surface area contributed by atoms with E-state index < -0.39 is 30.0 Å². The highest BCUT2D eigenvalue weighted by molar-refractivity contribution is 6.35. The van der Waals surface area contributed by atoms with Crippen LogP contribution >= 0.6 is 11.6 Å². The molecule has 41 heavy (non-hydrogen) atoms. The molecule has 0 radical (unpaired) electrons. The van der Waals surface area contributed by atoms with Crippen molar-refractivity contribution >= 4 is 23.2 Å². The van der Waals surface area contributed by atoms with Crippen LogP contribution in [0.3, 0.4) is 0 Å². The molecule has 0 saturated carbocycles. The predicted molar refractivity (Wildman–Crippen MR) is 139 cm³/mol. The summed E-state index contributed by atoms with van der Waals surface area (Å²) < 4.78 is 81.9. The second-order valence-electron chi connectivity index (χ2n) is 9.04. The number of anilines is 1. The van der Waals surface area contributed by atoms with Crippen molar-refractivity contribution < 1.29 is 31.1 Å². The fraction of sp³-hybridized carbons (Fsp3) is 0.143. The van der Waals surface area contributed by atoms with Crippen LogP contribution in [0.5, 0.6) is 0 Å². The maximum atomic E-state index is 13.5. The number of aromatic nitrogens is 4. The van der Waals surface area contributed by atoms with Gasteiger partial charge in [-0.1, -0.05) is 35.0 Å². The van der Waals surface area contributed by atoms with E-state index in [0.717, 1.165) is 0 Å². The van der Waals surface area contributed by atoms with Gasteiger partial charge in [-0.05, 0) is 54.1 Å². The Morgan fingerprint density at radius 2 is 1.59 bits per heavy atom. The Balaban J connectivity index is 1.54. The van der Waals surface area contributed by atoms with E-state index in [1.807, 2.05) is 0 Å². The minimum Gasteiger partial charge on any atom is -0.325 e. The third kappa shape index (κ3) is 6.02. The zero-order chi connectivity index (χ0) is 29.4. The van der Waals surface area contributed by atoms with Crippen molar-refractivity contribution in [1.82, 2.24) is 20.0 Å². The molecule has 13 heteroatoms. The van der Waals surface area contributed by atoms with Crippen molar-refractivity contribution in [3.63, 3.8) is 0 Å². The number of rotatable bonds is 6. The first-order valence-corrected chi connectivity index (χ1v) is 12.3. The molecule has 3 heterocycles. The van der Waals surface area contributed by atoms with E-state index in [1.54, 1.807) is 59.7 Å². The SMILES string of the molecule is O=C(C1=CC=CN(c2nnn(Cc3cc(C(F)(F)F)cc(C(F)(F)F)c3)c2-c2ccncc2)C1)c1ccccc1Cl. The summed E-state index contributed by atoms with van der Waals surface area (Å²) in [7, 11) is 0. The predicted octanol–water partition coefficient (Wildman–Crippen LogP) is 7.22. The third-order valence-corrected chi connectivity index (χ3v) is 6.57. The smallest absolute Gasteiger partial charge is 0.325 e. The van der Waals surface area contributed by atoms with E-state index in [4.69, 9.17) is 11.6 Å². The zero-order valence-corrected chi connectivity index (χ0v) is 21.5. The topological polar surface area (TPSA) is 63.9 Å². The largest absolute Gasteiger partial charge is 0.416 e. The summed E-state index contributed by atoms with van der Waals surface area (Å²) in [5, 5.41) is 8.55. The summed E-state index contributed by atoms with van der Waals surface area (Å²) in [6.45, 7) is -0.393. The van der Waals surface area contributed by atoms with Gasteiger partial charge in [0.15, 0.2) is 11.6 Å². The normalized spacial score (nSPS) is 13.8. The molecule has 1 aliphatic heterocycles. The average molecular weight is 590 g/mol. The van der Waals surface area contributed by atoms with E-state index in [-0.39, 0.29) is 34.8 Å². The van der Waals surface area contributed by atoms with Crippen molar-refractivity contribution in [2.45, 2.75) is 18.9 Å². The van der Waals surface area contributed by atoms with E-state index in [0.29, 0.717) is 34.5 Å². The first kappa shape index (κ1) is 28.1. The number of benzene rings is 2. The Hall–Kier alpha value is -4.45. The second kappa shape index (κ2) is 10.8. The van der Waals surface area contributed by atoms with Crippen LogP contribution in [0.4, 0.5) is 32.2 Å². The molecule has 210 valence electrons. The molecular formula is C28H18ClF6N5O. The minimum atomic E-state index is -4.99. The molecule has 0 N–H and O–H groups in total. The number of hydrogen-bond donors (Lipinski definition) is 0. The second-order valence-corrected chi connectivity index (χ2v) is 9.45. The Bertz CT molecular complexity index is 1630. The molecule has 0 bridgehead atoms. The number of carbonyl (C=O) groups excluding carboxylic acids is 1. The van der Waals surface area contributed by atoms with Crippen molar-refractivity contribution in [3.8, 4) is 11.3 Å². The molecule has 2 aromatic heterocycles. The lowest BCUT2D eigenvalue weighted by Crippen LogP contribution is -2.26. The maximum absolute atomic E-state index is 13.5. The number of carbonyl (C=O) groups is 1. The Kier molecular flexibility index (Phi) is 7.43. The molecule has 0 fully saturated rings. The van der Waals surface area contributed by atoms with Gasteiger partial charge >= 0.3 is 12.4 Å². The van der Waals surface area contributed by atoms with Crippen molar-refractivity contribution in [2.24, 2.45) is 0 Å². The number of hydrogen-bond acceptors (Lipinski definition) is 5. The molecule has 0 amide bonds. The fourth-order valence-electron chi connectivity index (χ4n) is 4.34. The summed E-state index contributed by atoms with van der Waals surface area (Å²) in [5.41, 5.74) is -1.65. The van der Waals surface area contributed by atoms with Crippen LogP contribution in [0.2, 0.25) is 5.02 Å². The van der Waals surface area contributed by atoms with Crippen LogP contribution in [0.25, 0.3) is 11.3 Å². The number of halogens is 7. The number of allylic oxidation sites excluding steroid dienone is 2. The first-order valence-electron chi connectivity index (χ1n) is 12.0. The van der Waals surface area contributed by atoms with Crippen LogP contribution in [0.15, 0.2) is 90.9 Å². The minimum absolute atomic E-state index is 0.0547. The van der Waals surface area contributed by atoms with E-state index >= 15 is 0 Å². The third-order valence-electron chi connectivity index (χ3n) is 6.24. The molecule has 6 nitrogen and oxygen atoms in total. The van der Waals surface area contributed by atoms with Gasteiger partial charge in [-0.25, -0.2) is 4.68 Å². The van der Waals surface area contributed by atoms with Gasteiger partial charge in [0.25, 0.3) is 0 Å². The molecule has 2 aromatic carbocycles. The molecular weight excluding hydrogens is 572 g/mol. The van der Waals surface area contributed by atoms with Crippen molar-refractivity contribution in [2.75, 3.05) is 11.4 Å². The van der Waals surface area contributed by atoms with Crippen molar-refractivity contribution in [1.29, 1.82) is 0 Å². The fourth-order valence-corrected chi connectivity index (χ4v) is 4.56. The van der Waals surface area contributed by atoms with Gasteiger partial charge in [-0.3, -0.25) is 9.78 Å². The van der Waals surface area contributed by atoms with E-state index in [2.05, 4.69) is 15.3 Å². The number of nitrogens with zero attached hydrogens (tertiary/aromatic N) is 5. The van der Waals surface area contributed by atoms with Crippen LogP contribution in [-0.2, 0) is 18.9 Å². The van der Waals surface area contributed by atoms with Gasteiger partial charge in [0, 0.05) is 35.3 Å².